The van der Waals surface area contributed by atoms with Crippen LogP contribution in [0, 0.1) is 5.82 Å². The maximum absolute atomic E-state index is 13.6. The minimum absolute atomic E-state index is 0.217. The number of halogens is 1. The van der Waals surface area contributed by atoms with Crippen molar-refractivity contribution in [3.05, 3.63) is 42.1 Å². The van der Waals surface area contributed by atoms with Crippen LogP contribution in [0.25, 0.3) is 11.3 Å². The molecule has 78 valence electrons. The van der Waals surface area contributed by atoms with E-state index in [0.29, 0.717) is 5.56 Å². The molecular formula is C12H13FN2. The molecule has 0 saturated carbocycles. The molecule has 0 amide bonds. The second-order valence-corrected chi connectivity index (χ2v) is 3.48. The highest BCUT2D eigenvalue weighted by Gasteiger charge is 2.12. The Morgan fingerprint density at radius 1 is 1.33 bits per heavy atom. The molecule has 0 radical (unpaired) electrons. The first kappa shape index (κ1) is 9.90. The molecule has 2 aromatic rings. The molecule has 15 heavy (non-hydrogen) atoms. The Morgan fingerprint density at radius 2 is 2.07 bits per heavy atom. The molecule has 1 aromatic carbocycles. The lowest BCUT2D eigenvalue weighted by molar-refractivity contribution is 0.630. The molecule has 0 aliphatic heterocycles. The van der Waals surface area contributed by atoms with Crippen LogP contribution in [0.5, 0.6) is 0 Å². The fourth-order valence-corrected chi connectivity index (χ4v) is 1.75. The SMILES string of the molecule is CCc1c(-c2ccccc2F)ncn1C. The first-order valence-electron chi connectivity index (χ1n) is 4.99. The molecule has 0 aliphatic carbocycles. The molecule has 3 heteroatoms. The van der Waals surface area contributed by atoms with Crippen molar-refractivity contribution >= 4 is 0 Å². The minimum Gasteiger partial charge on any atom is -0.337 e. The molecule has 0 unspecified atom stereocenters. The standard InChI is InChI=1S/C12H13FN2/c1-3-11-12(14-8-15(11)2)9-6-4-5-7-10(9)13/h4-8H,3H2,1-2H3. The van der Waals surface area contributed by atoms with Gasteiger partial charge < -0.3 is 4.57 Å². The maximum atomic E-state index is 13.6. The molecule has 2 nitrogen and oxygen atoms in total. The summed E-state index contributed by atoms with van der Waals surface area (Å²) in [4.78, 5) is 4.24. The van der Waals surface area contributed by atoms with Gasteiger partial charge in [-0.25, -0.2) is 9.37 Å². The van der Waals surface area contributed by atoms with Crippen LogP contribution in [0.2, 0.25) is 0 Å². The van der Waals surface area contributed by atoms with Gasteiger partial charge in [0.05, 0.1) is 12.0 Å². The molecule has 0 N–H and O–H groups in total. The van der Waals surface area contributed by atoms with Gasteiger partial charge in [-0.3, -0.25) is 0 Å². The van der Waals surface area contributed by atoms with Crippen LogP contribution in [-0.2, 0) is 13.5 Å². The van der Waals surface area contributed by atoms with Gasteiger partial charge >= 0.3 is 0 Å². The maximum Gasteiger partial charge on any atom is 0.132 e. The minimum atomic E-state index is -0.217. The highest BCUT2D eigenvalue weighted by Crippen LogP contribution is 2.24. The van der Waals surface area contributed by atoms with Crippen LogP contribution in [0.3, 0.4) is 0 Å². The van der Waals surface area contributed by atoms with Crippen LogP contribution in [-0.4, -0.2) is 9.55 Å². The lowest BCUT2D eigenvalue weighted by atomic mass is 10.1. The molecule has 1 aromatic heterocycles. The first-order valence-corrected chi connectivity index (χ1v) is 4.99. The Morgan fingerprint density at radius 3 is 2.73 bits per heavy atom. The molecule has 2 rings (SSSR count). The van der Waals surface area contributed by atoms with Gasteiger partial charge in [-0.05, 0) is 18.6 Å². The van der Waals surface area contributed by atoms with Gasteiger partial charge in [0.25, 0.3) is 0 Å². The van der Waals surface area contributed by atoms with E-state index in [0.717, 1.165) is 17.8 Å². The van der Waals surface area contributed by atoms with E-state index in [4.69, 9.17) is 0 Å². The first-order chi connectivity index (χ1) is 7.24. The van der Waals surface area contributed by atoms with Crippen molar-refractivity contribution < 1.29 is 4.39 Å². The summed E-state index contributed by atoms with van der Waals surface area (Å²) in [6.07, 6.45) is 2.57. The zero-order chi connectivity index (χ0) is 10.8. The highest BCUT2D eigenvalue weighted by molar-refractivity contribution is 5.62. The summed E-state index contributed by atoms with van der Waals surface area (Å²) < 4.78 is 15.5. The van der Waals surface area contributed by atoms with Crippen LogP contribution in [0.4, 0.5) is 4.39 Å². The second kappa shape index (κ2) is 3.85. The van der Waals surface area contributed by atoms with Crippen molar-refractivity contribution in [3.8, 4) is 11.3 Å². The number of aromatic nitrogens is 2. The molecule has 1 heterocycles. The summed E-state index contributed by atoms with van der Waals surface area (Å²) in [5.41, 5.74) is 2.38. The normalized spacial score (nSPS) is 10.6. The fraction of sp³-hybridized carbons (Fsp3) is 0.250. The smallest absolute Gasteiger partial charge is 0.132 e. The van der Waals surface area contributed by atoms with Crippen LogP contribution in [0.1, 0.15) is 12.6 Å². The van der Waals surface area contributed by atoms with Gasteiger partial charge in [0.15, 0.2) is 0 Å². The third-order valence-electron chi connectivity index (χ3n) is 2.52. The zero-order valence-corrected chi connectivity index (χ0v) is 8.87. The summed E-state index contributed by atoms with van der Waals surface area (Å²) in [5, 5.41) is 0. The quantitative estimate of drug-likeness (QED) is 0.735. The predicted octanol–water partition coefficient (Wildman–Crippen LogP) is 2.79. The van der Waals surface area contributed by atoms with Crippen molar-refractivity contribution in [2.75, 3.05) is 0 Å². The fourth-order valence-electron chi connectivity index (χ4n) is 1.75. The van der Waals surface area contributed by atoms with Crippen LogP contribution >= 0.6 is 0 Å². The monoisotopic (exact) mass is 204 g/mol. The molecular weight excluding hydrogens is 191 g/mol. The van der Waals surface area contributed by atoms with E-state index in [9.17, 15) is 4.39 Å². The van der Waals surface area contributed by atoms with Crippen molar-refractivity contribution in [2.45, 2.75) is 13.3 Å². The highest BCUT2D eigenvalue weighted by atomic mass is 19.1. The number of benzene rings is 1. The Kier molecular flexibility index (Phi) is 2.54. The van der Waals surface area contributed by atoms with Crippen molar-refractivity contribution in [1.82, 2.24) is 9.55 Å². The van der Waals surface area contributed by atoms with E-state index in [1.165, 1.54) is 6.07 Å². The van der Waals surface area contributed by atoms with E-state index in [2.05, 4.69) is 4.98 Å². The van der Waals surface area contributed by atoms with Gasteiger partial charge in [-0.15, -0.1) is 0 Å². The lowest BCUT2D eigenvalue weighted by Crippen LogP contribution is -1.95. The molecule has 0 spiro atoms. The number of hydrogen-bond acceptors (Lipinski definition) is 1. The average molecular weight is 204 g/mol. The Bertz CT molecular complexity index is 474. The summed E-state index contributed by atoms with van der Waals surface area (Å²) >= 11 is 0. The van der Waals surface area contributed by atoms with E-state index >= 15 is 0 Å². The summed E-state index contributed by atoms with van der Waals surface area (Å²) in [6.45, 7) is 2.04. The van der Waals surface area contributed by atoms with Crippen LogP contribution in [0.15, 0.2) is 30.6 Å². The molecule has 0 aliphatic rings. The van der Waals surface area contributed by atoms with Gasteiger partial charge in [0.2, 0.25) is 0 Å². The number of nitrogens with zero attached hydrogens (tertiary/aromatic N) is 2. The Labute approximate surface area is 88.4 Å². The van der Waals surface area contributed by atoms with E-state index in [1.807, 2.05) is 24.6 Å². The number of imidazole rings is 1. The van der Waals surface area contributed by atoms with Gasteiger partial charge in [0.1, 0.15) is 5.82 Å². The Hall–Kier alpha value is -1.64. The van der Waals surface area contributed by atoms with E-state index in [-0.39, 0.29) is 5.82 Å². The molecule has 0 bridgehead atoms. The summed E-state index contributed by atoms with van der Waals surface area (Å²) in [6, 6.07) is 6.74. The largest absolute Gasteiger partial charge is 0.337 e. The predicted molar refractivity (Wildman–Crippen MR) is 58.0 cm³/mol. The van der Waals surface area contributed by atoms with Gasteiger partial charge in [-0.1, -0.05) is 19.1 Å². The van der Waals surface area contributed by atoms with Gasteiger partial charge in [0, 0.05) is 18.3 Å². The molecule has 0 fully saturated rings. The summed E-state index contributed by atoms with van der Waals surface area (Å²) in [7, 11) is 1.93. The topological polar surface area (TPSA) is 17.8 Å². The van der Waals surface area contributed by atoms with E-state index in [1.54, 1.807) is 18.5 Å². The average Bonchev–Trinajstić information content (AvgIpc) is 2.60. The van der Waals surface area contributed by atoms with Gasteiger partial charge in [-0.2, -0.15) is 0 Å². The zero-order valence-electron chi connectivity index (χ0n) is 8.87. The van der Waals surface area contributed by atoms with Crippen molar-refractivity contribution in [2.24, 2.45) is 7.05 Å². The second-order valence-electron chi connectivity index (χ2n) is 3.48. The number of aryl methyl sites for hydroxylation is 1. The Balaban J connectivity index is 2.59. The lowest BCUT2D eigenvalue weighted by Gasteiger charge is -2.03. The molecule has 0 atom stereocenters. The number of hydrogen-bond donors (Lipinski definition) is 0. The van der Waals surface area contributed by atoms with Crippen molar-refractivity contribution in [1.29, 1.82) is 0 Å². The third-order valence-corrected chi connectivity index (χ3v) is 2.52. The van der Waals surface area contributed by atoms with Crippen molar-refractivity contribution in [3.63, 3.8) is 0 Å². The number of rotatable bonds is 2. The molecule has 0 saturated heterocycles. The summed E-state index contributed by atoms with van der Waals surface area (Å²) in [5.74, 6) is -0.217. The van der Waals surface area contributed by atoms with Crippen LogP contribution < -0.4 is 0 Å². The van der Waals surface area contributed by atoms with E-state index < -0.39 is 0 Å². The third kappa shape index (κ3) is 1.65.